The first-order valence-corrected chi connectivity index (χ1v) is 5.95. The van der Waals surface area contributed by atoms with Crippen LogP contribution in [0, 0.1) is 6.92 Å². The van der Waals surface area contributed by atoms with Gasteiger partial charge in [0.25, 0.3) is 0 Å². The van der Waals surface area contributed by atoms with Gasteiger partial charge in [0, 0.05) is 32.2 Å². The van der Waals surface area contributed by atoms with Crippen LogP contribution >= 0.6 is 0 Å². The zero-order valence-electron chi connectivity index (χ0n) is 10.7. The number of nitrogens with two attached hydrogens (primary N) is 1. The van der Waals surface area contributed by atoms with Gasteiger partial charge in [-0.3, -0.25) is 9.58 Å². The Kier molecular flexibility index (Phi) is 3.66. The Balaban J connectivity index is 2.12. The molecule has 96 valence electrons. The third-order valence-electron chi connectivity index (χ3n) is 3.19. The minimum Gasteiger partial charge on any atom is -0.376 e. The maximum Gasteiger partial charge on any atom is 0.142 e. The molecule has 1 atom stereocenters. The highest BCUT2D eigenvalue weighted by atomic mass is 16.5. The maximum absolute atomic E-state index is 5.54. The van der Waals surface area contributed by atoms with E-state index >= 15 is 0 Å². The smallest absolute Gasteiger partial charge is 0.142 e. The second-order valence-corrected chi connectivity index (χ2v) is 4.60. The Hall–Kier alpha value is -1.11. The van der Waals surface area contributed by atoms with Crippen molar-refractivity contribution in [3.05, 3.63) is 11.3 Å². The van der Waals surface area contributed by atoms with E-state index in [4.69, 9.17) is 10.6 Å². The summed E-state index contributed by atoms with van der Waals surface area (Å²) in [7, 11) is 1.90. The fraction of sp³-hybridized carbons (Fsp3) is 0.727. The van der Waals surface area contributed by atoms with Crippen molar-refractivity contribution in [2.45, 2.75) is 26.5 Å². The van der Waals surface area contributed by atoms with Gasteiger partial charge in [-0.2, -0.15) is 5.10 Å². The summed E-state index contributed by atoms with van der Waals surface area (Å²) >= 11 is 0. The number of hydrazine groups is 1. The summed E-state index contributed by atoms with van der Waals surface area (Å²) in [5.41, 5.74) is 4.93. The first-order chi connectivity index (χ1) is 8.11. The van der Waals surface area contributed by atoms with Crippen LogP contribution in [0.5, 0.6) is 0 Å². The Bertz CT molecular complexity index is 389. The molecular formula is C11H21N5O. The van der Waals surface area contributed by atoms with Crippen LogP contribution in [0.1, 0.15) is 18.2 Å². The fourth-order valence-electron chi connectivity index (χ4n) is 2.33. The van der Waals surface area contributed by atoms with E-state index < -0.39 is 0 Å². The van der Waals surface area contributed by atoms with E-state index in [1.807, 2.05) is 14.0 Å². The molecule has 17 heavy (non-hydrogen) atoms. The predicted octanol–water partition coefficient (Wildman–Crippen LogP) is 0.235. The van der Waals surface area contributed by atoms with Crippen molar-refractivity contribution >= 4 is 5.82 Å². The molecule has 1 aliphatic heterocycles. The Labute approximate surface area is 102 Å². The number of anilines is 1. The van der Waals surface area contributed by atoms with Gasteiger partial charge in [-0.05, 0) is 13.8 Å². The molecule has 1 saturated heterocycles. The van der Waals surface area contributed by atoms with Crippen LogP contribution in [0.4, 0.5) is 5.82 Å². The monoisotopic (exact) mass is 239 g/mol. The number of morpholine rings is 1. The molecule has 3 N–H and O–H groups in total. The second-order valence-electron chi connectivity index (χ2n) is 4.60. The van der Waals surface area contributed by atoms with Crippen molar-refractivity contribution in [1.82, 2.24) is 14.7 Å². The number of nitrogens with zero attached hydrogens (tertiary/aromatic N) is 3. The van der Waals surface area contributed by atoms with Gasteiger partial charge in [-0.15, -0.1) is 0 Å². The first-order valence-electron chi connectivity index (χ1n) is 5.95. The molecule has 0 amide bonds. The van der Waals surface area contributed by atoms with E-state index in [9.17, 15) is 0 Å². The number of hydrogen-bond acceptors (Lipinski definition) is 5. The molecule has 0 aromatic carbocycles. The molecule has 0 aliphatic carbocycles. The van der Waals surface area contributed by atoms with Crippen molar-refractivity contribution in [1.29, 1.82) is 0 Å². The molecule has 6 nitrogen and oxygen atoms in total. The zero-order valence-corrected chi connectivity index (χ0v) is 10.7. The molecule has 1 unspecified atom stereocenters. The van der Waals surface area contributed by atoms with Crippen molar-refractivity contribution in [2.75, 3.05) is 25.1 Å². The minimum atomic E-state index is 0.301. The highest BCUT2D eigenvalue weighted by Crippen LogP contribution is 2.20. The number of nitrogens with one attached hydrogen (secondary N) is 1. The van der Waals surface area contributed by atoms with Crippen LogP contribution in [-0.4, -0.2) is 40.5 Å². The predicted molar refractivity (Wildman–Crippen MR) is 66.4 cm³/mol. The fourth-order valence-corrected chi connectivity index (χ4v) is 2.33. The molecule has 0 spiro atoms. The Morgan fingerprint density at radius 3 is 3.00 bits per heavy atom. The largest absolute Gasteiger partial charge is 0.376 e. The van der Waals surface area contributed by atoms with E-state index in [1.54, 1.807) is 4.68 Å². The summed E-state index contributed by atoms with van der Waals surface area (Å²) in [6.45, 7) is 7.70. The summed E-state index contributed by atoms with van der Waals surface area (Å²) in [6, 6.07) is 0. The summed E-state index contributed by atoms with van der Waals surface area (Å²) in [5.74, 6) is 6.43. The molecule has 1 aromatic rings. The highest BCUT2D eigenvalue weighted by Gasteiger charge is 2.20. The van der Waals surface area contributed by atoms with Crippen molar-refractivity contribution in [3.63, 3.8) is 0 Å². The lowest BCUT2D eigenvalue weighted by Crippen LogP contribution is -2.40. The highest BCUT2D eigenvalue weighted by molar-refractivity contribution is 5.46. The average molecular weight is 239 g/mol. The second kappa shape index (κ2) is 5.03. The molecule has 1 aliphatic rings. The standard InChI is InChI=1S/C11H21N5O/c1-8-6-16(4-5-17-8)7-10-9(2)14-15(3)11(10)13-12/h8,13H,4-7,12H2,1-3H3. The maximum atomic E-state index is 5.54. The molecule has 6 heteroatoms. The molecule has 1 fully saturated rings. The van der Waals surface area contributed by atoms with Crippen LogP contribution in [0.25, 0.3) is 0 Å². The van der Waals surface area contributed by atoms with Gasteiger partial charge in [-0.25, -0.2) is 5.84 Å². The van der Waals surface area contributed by atoms with Gasteiger partial charge in [0.2, 0.25) is 0 Å². The lowest BCUT2D eigenvalue weighted by molar-refractivity contribution is -0.0212. The number of rotatable bonds is 3. The first kappa shape index (κ1) is 12.3. The van der Waals surface area contributed by atoms with Gasteiger partial charge in [0.15, 0.2) is 0 Å². The van der Waals surface area contributed by atoms with Crippen LogP contribution < -0.4 is 11.3 Å². The van der Waals surface area contributed by atoms with Crippen LogP contribution in [0.2, 0.25) is 0 Å². The van der Waals surface area contributed by atoms with Crippen molar-refractivity contribution in [3.8, 4) is 0 Å². The van der Waals surface area contributed by atoms with Gasteiger partial charge in [0.05, 0.1) is 18.4 Å². The molecule has 2 rings (SSSR count). The lowest BCUT2D eigenvalue weighted by atomic mass is 10.2. The number of aryl methyl sites for hydroxylation is 2. The summed E-state index contributed by atoms with van der Waals surface area (Å²) in [4.78, 5) is 2.37. The lowest BCUT2D eigenvalue weighted by Gasteiger charge is -2.31. The summed E-state index contributed by atoms with van der Waals surface area (Å²) < 4.78 is 7.32. The van der Waals surface area contributed by atoms with Gasteiger partial charge in [0.1, 0.15) is 5.82 Å². The SMILES string of the molecule is Cc1nn(C)c(NN)c1CN1CCOC(C)C1. The van der Waals surface area contributed by atoms with Crippen LogP contribution in [0.3, 0.4) is 0 Å². The number of ether oxygens (including phenoxy) is 1. The third kappa shape index (κ3) is 2.59. The Morgan fingerprint density at radius 2 is 2.35 bits per heavy atom. The van der Waals surface area contributed by atoms with Gasteiger partial charge < -0.3 is 10.2 Å². The van der Waals surface area contributed by atoms with E-state index in [-0.39, 0.29) is 0 Å². The third-order valence-corrected chi connectivity index (χ3v) is 3.19. The van der Waals surface area contributed by atoms with Gasteiger partial charge >= 0.3 is 0 Å². The van der Waals surface area contributed by atoms with E-state index in [2.05, 4.69) is 22.3 Å². The molecule has 0 saturated carbocycles. The molecule has 2 heterocycles. The topological polar surface area (TPSA) is 68.3 Å². The van der Waals surface area contributed by atoms with E-state index in [1.165, 1.54) is 5.56 Å². The quantitative estimate of drug-likeness (QED) is 0.584. The normalized spacial score (nSPS) is 21.8. The Morgan fingerprint density at radius 1 is 1.59 bits per heavy atom. The minimum absolute atomic E-state index is 0.301. The molecular weight excluding hydrogens is 218 g/mol. The van der Waals surface area contributed by atoms with E-state index in [0.29, 0.717) is 6.10 Å². The number of aromatic nitrogens is 2. The average Bonchev–Trinajstić information content (AvgIpc) is 2.53. The van der Waals surface area contributed by atoms with Gasteiger partial charge in [-0.1, -0.05) is 0 Å². The van der Waals surface area contributed by atoms with Crippen LogP contribution in [-0.2, 0) is 18.3 Å². The summed E-state index contributed by atoms with van der Waals surface area (Å²) in [6.07, 6.45) is 0.301. The van der Waals surface area contributed by atoms with Crippen molar-refractivity contribution in [2.24, 2.45) is 12.9 Å². The number of hydrogen-bond donors (Lipinski definition) is 2. The van der Waals surface area contributed by atoms with E-state index in [0.717, 1.165) is 37.8 Å². The summed E-state index contributed by atoms with van der Waals surface area (Å²) in [5, 5.41) is 4.38. The van der Waals surface area contributed by atoms with Crippen LogP contribution in [0.15, 0.2) is 0 Å². The molecule has 0 radical (unpaired) electrons. The number of nitrogen functional groups attached to an aromatic ring is 1. The molecule has 0 bridgehead atoms. The van der Waals surface area contributed by atoms with Crippen molar-refractivity contribution < 1.29 is 4.74 Å². The molecule has 1 aromatic heterocycles. The zero-order chi connectivity index (χ0) is 12.4.